The third-order valence-corrected chi connectivity index (χ3v) is 4.63. The minimum absolute atomic E-state index is 0.0904. The molecule has 0 aromatic carbocycles. The summed E-state index contributed by atoms with van der Waals surface area (Å²) in [6.07, 6.45) is 1.02. The smallest absolute Gasteiger partial charge is 0.325 e. The zero-order valence-electron chi connectivity index (χ0n) is 19.2. The van der Waals surface area contributed by atoms with Gasteiger partial charge in [-0.25, -0.2) is 0 Å². The van der Waals surface area contributed by atoms with Crippen molar-refractivity contribution in [2.75, 3.05) is 13.1 Å². The van der Waals surface area contributed by atoms with E-state index >= 15 is 0 Å². The molecule has 0 heterocycles. The summed E-state index contributed by atoms with van der Waals surface area (Å²) < 4.78 is 0. The topological polar surface area (TPSA) is 278 Å². The van der Waals surface area contributed by atoms with E-state index in [2.05, 4.69) is 20.9 Å². The number of hydrogen-bond acceptors (Lipinski definition) is 8. The molecule has 3 amide bonds. The molecule has 0 bridgehead atoms. The first kappa shape index (κ1) is 30.5. The summed E-state index contributed by atoms with van der Waals surface area (Å²) in [7, 11) is 0. The molecule has 0 spiro atoms. The van der Waals surface area contributed by atoms with Gasteiger partial charge in [-0.1, -0.05) is 0 Å². The highest BCUT2D eigenvalue weighted by molar-refractivity contribution is 5.95. The number of aliphatic imine (C=N–C) groups is 1. The Labute approximate surface area is 197 Å². The summed E-state index contributed by atoms with van der Waals surface area (Å²) in [5.41, 5.74) is 21.8. The largest absolute Gasteiger partial charge is 0.481 e. The van der Waals surface area contributed by atoms with Crippen LogP contribution in [0.3, 0.4) is 0 Å². The maximum Gasteiger partial charge on any atom is 0.325 e. The molecule has 194 valence electrons. The van der Waals surface area contributed by atoms with Crippen LogP contribution in [0.25, 0.3) is 0 Å². The molecular formula is C19H36N8O7. The zero-order chi connectivity index (χ0) is 26.3. The number of aliphatic carboxylic acids is 2. The van der Waals surface area contributed by atoms with Crippen LogP contribution in [0.15, 0.2) is 4.99 Å². The summed E-state index contributed by atoms with van der Waals surface area (Å²) in [5.74, 6) is -5.26. The Morgan fingerprint density at radius 1 is 0.853 bits per heavy atom. The molecule has 4 atom stereocenters. The van der Waals surface area contributed by atoms with Crippen LogP contribution >= 0.6 is 0 Å². The van der Waals surface area contributed by atoms with E-state index < -0.39 is 60.2 Å². The highest BCUT2D eigenvalue weighted by Gasteiger charge is 2.30. The number of rotatable bonds is 17. The number of nitrogens with zero attached hydrogens (tertiary/aromatic N) is 1. The predicted octanol–water partition coefficient (Wildman–Crippen LogP) is -3.47. The van der Waals surface area contributed by atoms with Crippen molar-refractivity contribution in [2.24, 2.45) is 27.9 Å². The van der Waals surface area contributed by atoms with Gasteiger partial charge in [0, 0.05) is 6.54 Å². The fraction of sp³-hybridized carbons (Fsp3) is 0.684. The molecule has 0 saturated heterocycles. The van der Waals surface area contributed by atoms with Gasteiger partial charge in [0.1, 0.15) is 18.1 Å². The van der Waals surface area contributed by atoms with Crippen LogP contribution in [0.1, 0.15) is 45.4 Å². The van der Waals surface area contributed by atoms with Gasteiger partial charge in [0.25, 0.3) is 0 Å². The summed E-state index contributed by atoms with van der Waals surface area (Å²) in [5, 5.41) is 24.9. The quantitative estimate of drug-likeness (QED) is 0.0550. The third kappa shape index (κ3) is 13.2. The molecule has 0 aliphatic heterocycles. The molecule has 0 aromatic heterocycles. The van der Waals surface area contributed by atoms with Gasteiger partial charge in [-0.2, -0.15) is 0 Å². The number of nitrogens with one attached hydrogen (secondary N) is 3. The Morgan fingerprint density at radius 3 is 1.97 bits per heavy atom. The summed E-state index contributed by atoms with van der Waals surface area (Å²) in [6.45, 7) is 1.80. The highest BCUT2D eigenvalue weighted by atomic mass is 16.4. The fourth-order valence-electron chi connectivity index (χ4n) is 2.72. The lowest BCUT2D eigenvalue weighted by Crippen LogP contribution is -2.57. The van der Waals surface area contributed by atoms with Crippen molar-refractivity contribution in [3.05, 3.63) is 0 Å². The Morgan fingerprint density at radius 2 is 1.44 bits per heavy atom. The van der Waals surface area contributed by atoms with Crippen LogP contribution in [0.4, 0.5) is 0 Å². The van der Waals surface area contributed by atoms with Crippen LogP contribution in [-0.2, 0) is 24.0 Å². The lowest BCUT2D eigenvalue weighted by atomic mass is 10.1. The van der Waals surface area contributed by atoms with Gasteiger partial charge < -0.3 is 49.1 Å². The highest BCUT2D eigenvalue weighted by Crippen LogP contribution is 2.05. The van der Waals surface area contributed by atoms with Gasteiger partial charge in [0.15, 0.2) is 5.96 Å². The zero-order valence-corrected chi connectivity index (χ0v) is 19.2. The van der Waals surface area contributed by atoms with Crippen LogP contribution in [0.5, 0.6) is 0 Å². The van der Waals surface area contributed by atoms with Gasteiger partial charge in [-0.15, -0.1) is 0 Å². The first-order valence-electron chi connectivity index (χ1n) is 10.8. The van der Waals surface area contributed by atoms with Crippen molar-refractivity contribution >= 4 is 35.6 Å². The molecule has 0 rings (SSSR count). The fourth-order valence-corrected chi connectivity index (χ4v) is 2.72. The molecule has 0 radical (unpaired) electrons. The van der Waals surface area contributed by atoms with E-state index in [1.807, 2.05) is 0 Å². The minimum atomic E-state index is -1.56. The maximum absolute atomic E-state index is 12.8. The number of carboxylic acid groups (broad SMARTS) is 2. The molecule has 4 unspecified atom stereocenters. The van der Waals surface area contributed by atoms with Crippen molar-refractivity contribution in [2.45, 2.75) is 69.6 Å². The summed E-state index contributed by atoms with van der Waals surface area (Å²) >= 11 is 0. The maximum atomic E-state index is 12.8. The van der Waals surface area contributed by atoms with Crippen LogP contribution < -0.4 is 38.9 Å². The van der Waals surface area contributed by atoms with E-state index in [0.29, 0.717) is 25.8 Å². The van der Waals surface area contributed by atoms with E-state index in [1.54, 1.807) is 0 Å². The normalized spacial score (nSPS) is 14.1. The Kier molecular flexibility index (Phi) is 14.6. The van der Waals surface area contributed by atoms with Crippen molar-refractivity contribution in [1.82, 2.24) is 16.0 Å². The molecule has 0 fully saturated rings. The molecule has 0 aromatic rings. The lowest BCUT2D eigenvalue weighted by Gasteiger charge is -2.24. The number of amides is 3. The molecule has 15 heteroatoms. The second-order valence-corrected chi connectivity index (χ2v) is 7.63. The van der Waals surface area contributed by atoms with Gasteiger partial charge in [-0.05, 0) is 45.6 Å². The molecule has 15 nitrogen and oxygen atoms in total. The Balaban J connectivity index is 5.28. The van der Waals surface area contributed by atoms with Crippen LogP contribution in [0, 0.1) is 0 Å². The Bertz CT molecular complexity index is 742. The van der Waals surface area contributed by atoms with Gasteiger partial charge in [0.2, 0.25) is 17.7 Å². The van der Waals surface area contributed by atoms with Crippen molar-refractivity contribution in [3.8, 4) is 0 Å². The SMILES string of the molecule is CC(NC(=O)C(CC(=O)O)NC(=O)C(CCCCN)NC(=O)C(N)CCCN=C(N)N)C(=O)O. The number of unbranched alkanes of at least 4 members (excludes halogenated alkanes) is 1. The molecule has 0 saturated carbocycles. The molecule has 0 aliphatic rings. The van der Waals surface area contributed by atoms with Gasteiger partial charge in [0.05, 0.1) is 12.5 Å². The molecule has 34 heavy (non-hydrogen) atoms. The predicted molar refractivity (Wildman–Crippen MR) is 122 cm³/mol. The van der Waals surface area contributed by atoms with E-state index in [1.165, 1.54) is 6.92 Å². The van der Waals surface area contributed by atoms with Crippen molar-refractivity contribution in [1.29, 1.82) is 0 Å². The number of carbonyl (C=O) groups excluding carboxylic acids is 3. The minimum Gasteiger partial charge on any atom is -0.481 e. The van der Waals surface area contributed by atoms with Crippen LogP contribution in [-0.4, -0.2) is 83.1 Å². The number of carboxylic acids is 2. The monoisotopic (exact) mass is 488 g/mol. The second-order valence-electron chi connectivity index (χ2n) is 7.63. The van der Waals surface area contributed by atoms with Crippen molar-refractivity contribution in [3.63, 3.8) is 0 Å². The number of hydrogen-bond donors (Lipinski definition) is 9. The van der Waals surface area contributed by atoms with E-state index in [0.717, 1.165) is 0 Å². The average molecular weight is 489 g/mol. The van der Waals surface area contributed by atoms with Gasteiger partial charge in [-0.3, -0.25) is 29.0 Å². The number of guanidine groups is 1. The third-order valence-electron chi connectivity index (χ3n) is 4.63. The molecule has 0 aliphatic carbocycles. The summed E-state index contributed by atoms with van der Waals surface area (Å²) in [4.78, 5) is 63.5. The van der Waals surface area contributed by atoms with Crippen LogP contribution in [0.2, 0.25) is 0 Å². The molecule has 13 N–H and O–H groups in total. The average Bonchev–Trinajstić information content (AvgIpc) is 2.74. The van der Waals surface area contributed by atoms with E-state index in [4.69, 9.17) is 33.1 Å². The van der Waals surface area contributed by atoms with E-state index in [-0.39, 0.29) is 25.3 Å². The Hall–Kier alpha value is -3.46. The van der Waals surface area contributed by atoms with Crippen molar-refractivity contribution < 1.29 is 34.2 Å². The standard InChI is InChI=1S/C19H36N8O7/c1-10(18(33)34)25-17(32)13(9-14(28)29)27-16(31)12(6-2-3-7-20)26-15(30)11(21)5-4-8-24-19(22)23/h10-13H,2-9,20-21H2,1H3,(H,25,32)(H,26,30)(H,27,31)(H,28,29)(H,33,34)(H4,22,23,24). The number of carbonyl (C=O) groups is 5. The first-order chi connectivity index (χ1) is 15.9. The first-order valence-corrected chi connectivity index (χ1v) is 10.8. The second kappa shape index (κ2) is 16.2. The van der Waals surface area contributed by atoms with E-state index in [9.17, 15) is 24.0 Å². The lowest BCUT2D eigenvalue weighted by molar-refractivity contribution is -0.143. The van der Waals surface area contributed by atoms with Gasteiger partial charge >= 0.3 is 11.9 Å². The summed E-state index contributed by atoms with van der Waals surface area (Å²) in [6, 6.07) is -4.95. The molecular weight excluding hydrogens is 452 g/mol. The number of nitrogens with two attached hydrogens (primary N) is 4.